The van der Waals surface area contributed by atoms with Gasteiger partial charge in [-0.1, -0.05) is 6.92 Å². The Morgan fingerprint density at radius 2 is 2.10 bits per heavy atom. The van der Waals surface area contributed by atoms with Crippen molar-refractivity contribution in [2.24, 2.45) is 0 Å². The van der Waals surface area contributed by atoms with Crippen LogP contribution in [0.5, 0.6) is 5.75 Å². The van der Waals surface area contributed by atoms with Crippen molar-refractivity contribution >= 4 is 16.9 Å². The van der Waals surface area contributed by atoms with Gasteiger partial charge in [0.05, 0.1) is 6.61 Å². The minimum absolute atomic E-state index is 0.0135. The third-order valence-electron chi connectivity index (χ3n) is 3.22. The molecule has 0 atom stereocenters. The van der Waals surface area contributed by atoms with Gasteiger partial charge in [0.2, 0.25) is 0 Å². The molecule has 0 fully saturated rings. The van der Waals surface area contributed by atoms with E-state index in [0.717, 1.165) is 17.4 Å². The first kappa shape index (κ1) is 15.1. The van der Waals surface area contributed by atoms with Gasteiger partial charge in [0.25, 0.3) is 0 Å². The Kier molecular flexibility index (Phi) is 4.62. The van der Waals surface area contributed by atoms with E-state index in [4.69, 9.17) is 9.15 Å². The zero-order valence-corrected chi connectivity index (χ0v) is 12.1. The molecule has 1 aromatic carbocycles. The fourth-order valence-corrected chi connectivity index (χ4v) is 2.12. The fourth-order valence-electron chi connectivity index (χ4n) is 2.12. The summed E-state index contributed by atoms with van der Waals surface area (Å²) < 4.78 is 10.0. The second-order valence-electron chi connectivity index (χ2n) is 4.95. The summed E-state index contributed by atoms with van der Waals surface area (Å²) >= 11 is 0. The van der Waals surface area contributed by atoms with Crippen molar-refractivity contribution in [2.75, 3.05) is 6.61 Å². The predicted molar refractivity (Wildman–Crippen MR) is 78.5 cm³/mol. The number of fused-ring (bicyclic) bond motifs is 1. The Morgan fingerprint density at radius 1 is 1.33 bits per heavy atom. The van der Waals surface area contributed by atoms with Crippen LogP contribution >= 0.6 is 0 Å². The Bertz CT molecular complexity index is 714. The van der Waals surface area contributed by atoms with Gasteiger partial charge in [-0.15, -0.1) is 0 Å². The number of aromatic hydroxyl groups is 1. The van der Waals surface area contributed by atoms with Crippen LogP contribution in [0, 0.1) is 6.92 Å². The van der Waals surface area contributed by atoms with E-state index in [1.54, 1.807) is 13.0 Å². The highest BCUT2D eigenvalue weighted by molar-refractivity contribution is 5.82. The molecule has 0 aliphatic heterocycles. The second-order valence-corrected chi connectivity index (χ2v) is 4.95. The molecule has 5 nitrogen and oxygen atoms in total. The highest BCUT2D eigenvalue weighted by Crippen LogP contribution is 2.27. The second kappa shape index (κ2) is 6.43. The van der Waals surface area contributed by atoms with Crippen molar-refractivity contribution in [3.8, 4) is 5.75 Å². The van der Waals surface area contributed by atoms with E-state index >= 15 is 0 Å². The first-order valence-corrected chi connectivity index (χ1v) is 6.93. The number of hydrogen-bond acceptors (Lipinski definition) is 5. The largest absolute Gasteiger partial charge is 0.508 e. The smallest absolute Gasteiger partial charge is 0.336 e. The van der Waals surface area contributed by atoms with Gasteiger partial charge in [-0.05, 0) is 37.0 Å². The number of phenols is 1. The average molecular weight is 290 g/mol. The zero-order valence-electron chi connectivity index (χ0n) is 12.1. The number of carbonyl (C=O) groups excluding carboxylic acids is 1. The van der Waals surface area contributed by atoms with E-state index < -0.39 is 5.63 Å². The number of esters is 1. The maximum absolute atomic E-state index is 11.5. The quantitative estimate of drug-likeness (QED) is 0.676. The third kappa shape index (κ3) is 3.62. The van der Waals surface area contributed by atoms with Gasteiger partial charge >= 0.3 is 11.6 Å². The van der Waals surface area contributed by atoms with Crippen LogP contribution in [0.3, 0.4) is 0 Å². The van der Waals surface area contributed by atoms with Crippen LogP contribution in [0.15, 0.2) is 27.4 Å². The number of benzene rings is 1. The molecule has 0 amide bonds. The summed E-state index contributed by atoms with van der Waals surface area (Å²) in [7, 11) is 0. The normalized spacial score (nSPS) is 10.8. The van der Waals surface area contributed by atoms with Gasteiger partial charge in [-0.2, -0.15) is 0 Å². The van der Waals surface area contributed by atoms with Crippen molar-refractivity contribution in [3.05, 3.63) is 39.7 Å². The van der Waals surface area contributed by atoms with Crippen LogP contribution in [-0.4, -0.2) is 17.7 Å². The lowest BCUT2D eigenvalue weighted by atomic mass is 10.0. The Hall–Kier alpha value is -2.30. The molecule has 1 N–H and O–H groups in total. The van der Waals surface area contributed by atoms with Gasteiger partial charge in [0, 0.05) is 23.9 Å². The third-order valence-corrected chi connectivity index (χ3v) is 3.22. The minimum atomic E-state index is -0.449. The van der Waals surface area contributed by atoms with E-state index in [0.29, 0.717) is 24.2 Å². The first-order chi connectivity index (χ1) is 10.0. The Balaban J connectivity index is 2.23. The lowest BCUT2D eigenvalue weighted by Gasteiger charge is -2.08. The van der Waals surface area contributed by atoms with Crippen LogP contribution in [0.25, 0.3) is 11.0 Å². The molecule has 1 heterocycles. The Morgan fingerprint density at radius 3 is 2.81 bits per heavy atom. The summed E-state index contributed by atoms with van der Waals surface area (Å²) in [5.74, 6) is -0.271. The summed E-state index contributed by atoms with van der Waals surface area (Å²) in [5, 5.41) is 10.7. The molecule has 0 spiro atoms. The molecule has 21 heavy (non-hydrogen) atoms. The summed E-state index contributed by atoms with van der Waals surface area (Å²) in [5.41, 5.74) is 1.30. The van der Waals surface area contributed by atoms with E-state index in [9.17, 15) is 14.7 Å². The van der Waals surface area contributed by atoms with Crippen molar-refractivity contribution in [3.63, 3.8) is 0 Å². The van der Waals surface area contributed by atoms with Gasteiger partial charge in [0.15, 0.2) is 0 Å². The molecule has 0 saturated carbocycles. The van der Waals surface area contributed by atoms with Crippen LogP contribution in [-0.2, 0) is 16.0 Å². The standard InChI is InChI=1S/C16H18O5/c1-3-6-20-15(18)5-4-11-8-12-10(2)7-16(19)21-14(12)9-13(11)17/h7-9,17H,3-6H2,1-2H3. The molecular weight excluding hydrogens is 272 g/mol. The predicted octanol–water partition coefficient (Wildman–Crippen LogP) is 2.69. The van der Waals surface area contributed by atoms with Crippen molar-refractivity contribution in [2.45, 2.75) is 33.1 Å². The number of rotatable bonds is 5. The van der Waals surface area contributed by atoms with E-state index in [2.05, 4.69) is 0 Å². The van der Waals surface area contributed by atoms with Gasteiger partial charge < -0.3 is 14.3 Å². The number of carbonyl (C=O) groups is 1. The monoisotopic (exact) mass is 290 g/mol. The molecular formula is C16H18O5. The highest BCUT2D eigenvalue weighted by Gasteiger charge is 2.11. The molecule has 2 rings (SSSR count). The highest BCUT2D eigenvalue weighted by atomic mass is 16.5. The zero-order chi connectivity index (χ0) is 15.4. The molecule has 0 aliphatic carbocycles. The van der Waals surface area contributed by atoms with E-state index in [-0.39, 0.29) is 18.1 Å². The minimum Gasteiger partial charge on any atom is -0.508 e. The molecule has 0 bridgehead atoms. The summed E-state index contributed by atoms with van der Waals surface area (Å²) in [6, 6.07) is 4.56. The fraction of sp³-hybridized carbons (Fsp3) is 0.375. The number of phenolic OH excluding ortho intramolecular Hbond substituents is 1. The SMILES string of the molecule is CCCOC(=O)CCc1cc2c(C)cc(=O)oc2cc1O. The lowest BCUT2D eigenvalue weighted by Crippen LogP contribution is -2.06. The molecule has 1 aromatic heterocycles. The first-order valence-electron chi connectivity index (χ1n) is 6.93. The van der Waals surface area contributed by atoms with Gasteiger partial charge in [-0.3, -0.25) is 4.79 Å². The number of hydrogen-bond donors (Lipinski definition) is 1. The topological polar surface area (TPSA) is 76.7 Å². The summed E-state index contributed by atoms with van der Waals surface area (Å²) in [6.45, 7) is 4.14. The molecule has 112 valence electrons. The van der Waals surface area contributed by atoms with Crippen LogP contribution < -0.4 is 5.63 Å². The van der Waals surface area contributed by atoms with Gasteiger partial charge in [0.1, 0.15) is 11.3 Å². The van der Waals surface area contributed by atoms with Crippen LogP contribution in [0.1, 0.15) is 30.9 Å². The molecule has 5 heteroatoms. The summed E-state index contributed by atoms with van der Waals surface area (Å²) in [6.07, 6.45) is 1.36. The van der Waals surface area contributed by atoms with Crippen LogP contribution in [0.2, 0.25) is 0 Å². The van der Waals surface area contributed by atoms with Crippen molar-refractivity contribution in [1.29, 1.82) is 0 Å². The lowest BCUT2D eigenvalue weighted by molar-refractivity contribution is -0.143. The molecule has 2 aromatic rings. The maximum atomic E-state index is 11.5. The van der Waals surface area contributed by atoms with Crippen molar-refractivity contribution in [1.82, 2.24) is 0 Å². The van der Waals surface area contributed by atoms with Crippen LogP contribution in [0.4, 0.5) is 0 Å². The molecule has 0 saturated heterocycles. The van der Waals surface area contributed by atoms with Crippen molar-refractivity contribution < 1.29 is 19.1 Å². The maximum Gasteiger partial charge on any atom is 0.336 e. The number of ether oxygens (including phenoxy) is 1. The average Bonchev–Trinajstić information content (AvgIpc) is 2.43. The number of aryl methyl sites for hydroxylation is 2. The van der Waals surface area contributed by atoms with E-state index in [1.807, 2.05) is 6.92 Å². The molecule has 0 radical (unpaired) electrons. The van der Waals surface area contributed by atoms with E-state index in [1.165, 1.54) is 12.1 Å². The molecule has 0 aliphatic rings. The summed E-state index contributed by atoms with van der Waals surface area (Å²) in [4.78, 5) is 22.8. The molecule has 0 unspecified atom stereocenters. The van der Waals surface area contributed by atoms with Gasteiger partial charge in [-0.25, -0.2) is 4.79 Å². The Labute approximate surface area is 122 Å².